The van der Waals surface area contributed by atoms with E-state index in [2.05, 4.69) is 36.5 Å². The maximum absolute atomic E-state index is 12.4. The minimum Gasteiger partial charge on any atom is -0.298 e. The van der Waals surface area contributed by atoms with Gasteiger partial charge < -0.3 is 0 Å². The number of anilines is 1. The van der Waals surface area contributed by atoms with Gasteiger partial charge in [-0.2, -0.15) is 5.10 Å². The minimum absolute atomic E-state index is 0.0101. The summed E-state index contributed by atoms with van der Waals surface area (Å²) < 4.78 is 1.43. The first kappa shape index (κ1) is 25.7. The zero-order chi connectivity index (χ0) is 26.0. The number of hydrazone groups is 1. The summed E-state index contributed by atoms with van der Waals surface area (Å²) in [6.07, 6.45) is 1.80. The largest absolute Gasteiger partial charge is 0.298 e. The van der Waals surface area contributed by atoms with Crippen molar-refractivity contribution in [2.45, 2.75) is 18.5 Å². The SMILES string of the molecule is CC(=O)Nn1c(Cc2csc(NC(=O)c3ccccc3)n2)nnc1SCC(=O)N/N=C/c1ccccc1. The van der Waals surface area contributed by atoms with Crippen LogP contribution >= 0.6 is 23.1 Å². The van der Waals surface area contributed by atoms with Crippen LogP contribution in [0.3, 0.4) is 0 Å². The lowest BCUT2D eigenvalue weighted by molar-refractivity contribution is -0.118. The van der Waals surface area contributed by atoms with Gasteiger partial charge in [-0.25, -0.2) is 15.1 Å². The number of benzene rings is 2. The number of thioether (sulfide) groups is 1. The van der Waals surface area contributed by atoms with Crippen LogP contribution in [0.25, 0.3) is 0 Å². The van der Waals surface area contributed by atoms with Gasteiger partial charge in [0, 0.05) is 17.9 Å². The second kappa shape index (κ2) is 12.6. The normalized spacial score (nSPS) is 10.8. The molecule has 4 aromatic rings. The third-order valence-electron chi connectivity index (χ3n) is 4.65. The molecule has 0 bridgehead atoms. The van der Waals surface area contributed by atoms with Crippen LogP contribution in [0.4, 0.5) is 5.13 Å². The summed E-state index contributed by atoms with van der Waals surface area (Å²) >= 11 is 2.38. The van der Waals surface area contributed by atoms with Gasteiger partial charge in [-0.15, -0.1) is 21.5 Å². The lowest BCUT2D eigenvalue weighted by Gasteiger charge is -2.09. The number of thiazole rings is 1. The molecule has 11 nitrogen and oxygen atoms in total. The van der Waals surface area contributed by atoms with E-state index in [0.29, 0.717) is 27.4 Å². The molecule has 188 valence electrons. The van der Waals surface area contributed by atoms with Crippen LogP contribution in [0.2, 0.25) is 0 Å². The van der Waals surface area contributed by atoms with Crippen LogP contribution in [0.1, 0.15) is 34.4 Å². The first-order valence-electron chi connectivity index (χ1n) is 11.0. The van der Waals surface area contributed by atoms with Crippen molar-refractivity contribution >= 4 is 52.2 Å². The number of hydrogen-bond acceptors (Lipinski definition) is 9. The predicted octanol–water partition coefficient (Wildman–Crippen LogP) is 2.91. The highest BCUT2D eigenvalue weighted by atomic mass is 32.2. The van der Waals surface area contributed by atoms with E-state index in [1.54, 1.807) is 35.9 Å². The predicted molar refractivity (Wildman–Crippen MR) is 142 cm³/mol. The standard InChI is InChI=1S/C24H22N8O3S2/c1-16(33)31-32-20(12-19-14-36-23(26-19)27-22(35)18-10-6-3-7-11-18)28-30-24(32)37-15-21(34)29-25-13-17-8-4-2-5-9-17/h2-11,13-14H,12,15H2,1H3,(H,29,34)(H,31,33)(H,26,27,35)/b25-13+. The molecule has 0 aliphatic carbocycles. The van der Waals surface area contributed by atoms with Crippen molar-refractivity contribution in [2.75, 3.05) is 16.5 Å². The topological polar surface area (TPSA) is 143 Å². The van der Waals surface area contributed by atoms with E-state index in [1.807, 2.05) is 36.4 Å². The molecule has 0 spiro atoms. The number of rotatable bonds is 10. The van der Waals surface area contributed by atoms with Gasteiger partial charge in [-0.1, -0.05) is 60.3 Å². The Morgan fingerprint density at radius 3 is 2.51 bits per heavy atom. The number of hydrogen-bond donors (Lipinski definition) is 3. The lowest BCUT2D eigenvalue weighted by atomic mass is 10.2. The maximum Gasteiger partial charge on any atom is 0.257 e. The summed E-state index contributed by atoms with van der Waals surface area (Å²) in [4.78, 5) is 40.8. The van der Waals surface area contributed by atoms with Crippen LogP contribution in [-0.2, 0) is 16.0 Å². The van der Waals surface area contributed by atoms with Crippen LogP contribution in [0, 0.1) is 0 Å². The molecule has 13 heteroatoms. The smallest absolute Gasteiger partial charge is 0.257 e. The van der Waals surface area contributed by atoms with Gasteiger partial charge in [0.25, 0.3) is 11.8 Å². The summed E-state index contributed by atoms with van der Waals surface area (Å²) in [6, 6.07) is 18.2. The second-order valence-electron chi connectivity index (χ2n) is 7.54. The number of carbonyl (C=O) groups is 3. The lowest BCUT2D eigenvalue weighted by Crippen LogP contribution is -2.24. The fourth-order valence-corrected chi connectivity index (χ4v) is 4.43. The van der Waals surface area contributed by atoms with Gasteiger partial charge in [-0.05, 0) is 17.7 Å². The highest BCUT2D eigenvalue weighted by Gasteiger charge is 2.17. The number of amides is 3. The number of nitrogens with zero attached hydrogens (tertiary/aromatic N) is 5. The van der Waals surface area contributed by atoms with Gasteiger partial charge in [-0.3, -0.25) is 25.1 Å². The molecule has 0 atom stereocenters. The molecule has 0 aliphatic rings. The molecule has 2 aromatic heterocycles. The van der Waals surface area contributed by atoms with Crippen molar-refractivity contribution in [2.24, 2.45) is 5.10 Å². The van der Waals surface area contributed by atoms with E-state index < -0.39 is 0 Å². The highest BCUT2D eigenvalue weighted by Crippen LogP contribution is 2.21. The van der Waals surface area contributed by atoms with Gasteiger partial charge >= 0.3 is 0 Å². The van der Waals surface area contributed by atoms with Gasteiger partial charge in [0.2, 0.25) is 11.1 Å². The van der Waals surface area contributed by atoms with Gasteiger partial charge in [0.1, 0.15) is 0 Å². The van der Waals surface area contributed by atoms with Crippen molar-refractivity contribution in [1.29, 1.82) is 0 Å². The summed E-state index contributed by atoms with van der Waals surface area (Å²) in [6.45, 7) is 1.36. The fraction of sp³-hybridized carbons (Fsp3) is 0.125. The van der Waals surface area contributed by atoms with E-state index >= 15 is 0 Å². The van der Waals surface area contributed by atoms with Crippen molar-refractivity contribution in [1.82, 2.24) is 25.3 Å². The van der Waals surface area contributed by atoms with Gasteiger partial charge in [0.05, 0.1) is 24.1 Å². The number of nitrogens with one attached hydrogen (secondary N) is 3. The third kappa shape index (κ3) is 7.56. The van der Waals surface area contributed by atoms with Crippen molar-refractivity contribution in [3.8, 4) is 0 Å². The Morgan fingerprint density at radius 1 is 1.05 bits per heavy atom. The number of carbonyl (C=O) groups excluding carboxylic acids is 3. The minimum atomic E-state index is -0.339. The molecule has 0 radical (unpaired) electrons. The van der Waals surface area contributed by atoms with E-state index in [-0.39, 0.29) is 29.9 Å². The quantitative estimate of drug-likeness (QED) is 0.161. The number of aromatic nitrogens is 4. The molecular weight excluding hydrogens is 512 g/mol. The summed E-state index contributed by atoms with van der Waals surface area (Å²) in [5.41, 5.74) is 7.15. The Balaban J connectivity index is 1.37. The zero-order valence-electron chi connectivity index (χ0n) is 19.6. The van der Waals surface area contributed by atoms with E-state index in [1.165, 1.54) is 22.9 Å². The molecule has 0 saturated heterocycles. The molecule has 0 unspecified atom stereocenters. The Kier molecular flexibility index (Phi) is 8.73. The Labute approximate surface area is 220 Å². The van der Waals surface area contributed by atoms with Crippen LogP contribution < -0.4 is 16.2 Å². The molecule has 0 aliphatic heterocycles. The molecule has 4 rings (SSSR count). The second-order valence-corrected chi connectivity index (χ2v) is 9.34. The third-order valence-corrected chi connectivity index (χ3v) is 6.39. The molecular formula is C24H22N8O3S2. The fourth-order valence-electron chi connectivity index (χ4n) is 3.02. The Bertz CT molecular complexity index is 1400. The Morgan fingerprint density at radius 2 is 1.78 bits per heavy atom. The zero-order valence-corrected chi connectivity index (χ0v) is 21.3. The molecule has 3 N–H and O–H groups in total. The van der Waals surface area contributed by atoms with Gasteiger partial charge in [0.15, 0.2) is 11.0 Å². The van der Waals surface area contributed by atoms with E-state index in [9.17, 15) is 14.4 Å². The van der Waals surface area contributed by atoms with Crippen molar-refractivity contribution < 1.29 is 14.4 Å². The first-order valence-corrected chi connectivity index (χ1v) is 12.9. The summed E-state index contributed by atoms with van der Waals surface area (Å²) in [5.74, 6) is -0.487. The van der Waals surface area contributed by atoms with E-state index in [4.69, 9.17) is 0 Å². The highest BCUT2D eigenvalue weighted by molar-refractivity contribution is 7.99. The molecule has 2 aromatic carbocycles. The van der Waals surface area contributed by atoms with Crippen molar-refractivity contribution in [3.05, 3.63) is 88.7 Å². The molecule has 0 fully saturated rings. The molecule has 3 amide bonds. The summed E-state index contributed by atoms with van der Waals surface area (Å²) in [7, 11) is 0. The van der Waals surface area contributed by atoms with Crippen LogP contribution in [0.5, 0.6) is 0 Å². The molecule has 37 heavy (non-hydrogen) atoms. The van der Waals surface area contributed by atoms with Crippen molar-refractivity contribution in [3.63, 3.8) is 0 Å². The first-order chi connectivity index (χ1) is 18.0. The molecule has 2 heterocycles. The average Bonchev–Trinajstić information content (AvgIpc) is 3.50. The van der Waals surface area contributed by atoms with E-state index in [0.717, 1.165) is 17.3 Å². The van der Waals surface area contributed by atoms with Crippen LogP contribution in [-0.4, -0.2) is 49.5 Å². The average molecular weight is 535 g/mol. The Hall–Kier alpha value is -4.36. The summed E-state index contributed by atoms with van der Waals surface area (Å²) in [5, 5.41) is 17.5. The van der Waals surface area contributed by atoms with Crippen LogP contribution in [0.15, 0.2) is 76.3 Å². The molecule has 0 saturated carbocycles. The monoisotopic (exact) mass is 534 g/mol. The maximum atomic E-state index is 12.4.